The monoisotopic (exact) mass is 259 g/mol. The summed E-state index contributed by atoms with van der Waals surface area (Å²) in [6.07, 6.45) is 3.38. The Hall–Kier alpha value is -0.770. The van der Waals surface area contributed by atoms with Gasteiger partial charge in [0.15, 0.2) is 11.6 Å². The Balaban J connectivity index is 2.19. The molecule has 0 atom stereocenters. The molecule has 0 unspecified atom stereocenters. The molecule has 0 bridgehead atoms. The summed E-state index contributed by atoms with van der Waals surface area (Å²) in [7, 11) is 0. The second kappa shape index (κ2) is 3.77. The van der Waals surface area contributed by atoms with Crippen LogP contribution < -0.4 is 10.5 Å². The zero-order valence-corrected chi connectivity index (χ0v) is 9.18. The van der Waals surface area contributed by atoms with E-state index in [2.05, 4.69) is 15.9 Å². The van der Waals surface area contributed by atoms with Crippen LogP contribution in [0.5, 0.6) is 5.75 Å². The lowest BCUT2D eigenvalue weighted by molar-refractivity contribution is 0.115. The molecule has 4 heteroatoms. The Morgan fingerprint density at radius 1 is 1.43 bits per heavy atom. The van der Waals surface area contributed by atoms with Gasteiger partial charge in [0.1, 0.15) is 0 Å². The zero-order chi connectivity index (χ0) is 10.1. The molecule has 1 saturated carbocycles. The third-order valence-electron chi connectivity index (χ3n) is 2.40. The van der Waals surface area contributed by atoms with Gasteiger partial charge >= 0.3 is 0 Å². The summed E-state index contributed by atoms with van der Waals surface area (Å²) < 4.78 is 19.5. The summed E-state index contributed by atoms with van der Waals surface area (Å²) in [6.45, 7) is 0. The molecular formula is C10H11BrFNO. The molecule has 0 aromatic heterocycles. The Kier molecular flexibility index (Phi) is 2.63. The van der Waals surface area contributed by atoms with Crippen molar-refractivity contribution in [1.29, 1.82) is 0 Å². The molecule has 0 spiro atoms. The van der Waals surface area contributed by atoms with Crippen molar-refractivity contribution in [3.05, 3.63) is 22.4 Å². The number of nitrogen functional groups attached to an aromatic ring is 1. The molecule has 0 saturated heterocycles. The normalized spacial score (nSPS) is 16.4. The number of hydrogen-bond acceptors (Lipinski definition) is 2. The lowest BCUT2D eigenvalue weighted by Crippen LogP contribution is -2.25. The van der Waals surface area contributed by atoms with E-state index >= 15 is 0 Å². The number of hydrogen-bond donors (Lipinski definition) is 1. The second-order valence-electron chi connectivity index (χ2n) is 3.47. The summed E-state index contributed by atoms with van der Waals surface area (Å²) in [5.41, 5.74) is 5.92. The van der Waals surface area contributed by atoms with E-state index in [4.69, 9.17) is 10.5 Å². The third kappa shape index (κ3) is 1.85. The van der Waals surface area contributed by atoms with Crippen molar-refractivity contribution in [2.45, 2.75) is 25.4 Å². The Morgan fingerprint density at radius 3 is 2.71 bits per heavy atom. The lowest BCUT2D eigenvalue weighted by atomic mass is 9.96. The summed E-state index contributed by atoms with van der Waals surface area (Å²) in [5, 5.41) is 0. The van der Waals surface area contributed by atoms with Gasteiger partial charge in [-0.15, -0.1) is 0 Å². The van der Waals surface area contributed by atoms with E-state index in [0.29, 0.717) is 10.2 Å². The summed E-state index contributed by atoms with van der Waals surface area (Å²) >= 11 is 3.24. The van der Waals surface area contributed by atoms with Crippen LogP contribution >= 0.6 is 15.9 Å². The number of ether oxygens (including phenoxy) is 1. The maximum atomic E-state index is 13.3. The van der Waals surface area contributed by atoms with Gasteiger partial charge in [0.2, 0.25) is 0 Å². The molecular weight excluding hydrogens is 249 g/mol. The average molecular weight is 260 g/mol. The largest absolute Gasteiger partial charge is 0.487 e. The molecule has 0 amide bonds. The van der Waals surface area contributed by atoms with Crippen LogP contribution in [0.3, 0.4) is 0 Å². The molecule has 1 aliphatic rings. The van der Waals surface area contributed by atoms with Crippen molar-refractivity contribution < 1.29 is 9.13 Å². The van der Waals surface area contributed by atoms with Gasteiger partial charge in [0.05, 0.1) is 6.10 Å². The van der Waals surface area contributed by atoms with E-state index < -0.39 is 5.82 Å². The SMILES string of the molecule is Nc1cc(F)c(OC2CCC2)cc1Br. The van der Waals surface area contributed by atoms with Gasteiger partial charge < -0.3 is 10.5 Å². The van der Waals surface area contributed by atoms with Crippen molar-refractivity contribution in [3.8, 4) is 5.75 Å². The van der Waals surface area contributed by atoms with Crippen LogP contribution in [-0.4, -0.2) is 6.10 Å². The van der Waals surface area contributed by atoms with Gasteiger partial charge in [0, 0.05) is 16.2 Å². The van der Waals surface area contributed by atoms with Gasteiger partial charge in [0.25, 0.3) is 0 Å². The number of benzene rings is 1. The van der Waals surface area contributed by atoms with Crippen LogP contribution in [0.2, 0.25) is 0 Å². The smallest absolute Gasteiger partial charge is 0.167 e. The quantitative estimate of drug-likeness (QED) is 0.829. The predicted molar refractivity (Wildman–Crippen MR) is 56.8 cm³/mol. The minimum Gasteiger partial charge on any atom is -0.487 e. The van der Waals surface area contributed by atoms with Crippen LogP contribution in [-0.2, 0) is 0 Å². The number of halogens is 2. The van der Waals surface area contributed by atoms with Gasteiger partial charge in [-0.25, -0.2) is 4.39 Å². The standard InChI is InChI=1S/C10H11BrFNO/c11-7-4-10(8(12)5-9(7)13)14-6-2-1-3-6/h4-6H,1-3,13H2. The van der Waals surface area contributed by atoms with E-state index in [0.717, 1.165) is 12.8 Å². The third-order valence-corrected chi connectivity index (χ3v) is 3.08. The zero-order valence-electron chi connectivity index (χ0n) is 7.59. The van der Waals surface area contributed by atoms with E-state index in [1.54, 1.807) is 6.07 Å². The van der Waals surface area contributed by atoms with Gasteiger partial charge in [-0.2, -0.15) is 0 Å². The lowest BCUT2D eigenvalue weighted by Gasteiger charge is -2.26. The van der Waals surface area contributed by atoms with E-state index in [-0.39, 0.29) is 11.9 Å². The van der Waals surface area contributed by atoms with E-state index in [9.17, 15) is 4.39 Å². The average Bonchev–Trinajstić information content (AvgIpc) is 2.06. The molecule has 1 aromatic carbocycles. The molecule has 14 heavy (non-hydrogen) atoms. The highest BCUT2D eigenvalue weighted by molar-refractivity contribution is 9.10. The molecule has 76 valence electrons. The van der Waals surface area contributed by atoms with Crippen molar-refractivity contribution in [1.82, 2.24) is 0 Å². The van der Waals surface area contributed by atoms with Crippen molar-refractivity contribution in [2.75, 3.05) is 5.73 Å². The highest BCUT2D eigenvalue weighted by Crippen LogP contribution is 2.31. The minimum absolute atomic E-state index is 0.181. The molecule has 0 heterocycles. The second-order valence-corrected chi connectivity index (χ2v) is 4.33. The van der Waals surface area contributed by atoms with E-state index in [1.807, 2.05) is 0 Å². The highest BCUT2D eigenvalue weighted by atomic mass is 79.9. The molecule has 0 aliphatic heterocycles. The van der Waals surface area contributed by atoms with Crippen molar-refractivity contribution in [2.24, 2.45) is 0 Å². The van der Waals surface area contributed by atoms with Crippen molar-refractivity contribution >= 4 is 21.6 Å². The summed E-state index contributed by atoms with van der Waals surface area (Å²) in [6, 6.07) is 2.86. The van der Waals surface area contributed by atoms with Crippen LogP contribution in [0.15, 0.2) is 16.6 Å². The fraction of sp³-hybridized carbons (Fsp3) is 0.400. The van der Waals surface area contributed by atoms with Gasteiger partial charge in [-0.05, 0) is 41.3 Å². The summed E-state index contributed by atoms with van der Waals surface area (Å²) in [4.78, 5) is 0. The molecule has 1 fully saturated rings. The van der Waals surface area contributed by atoms with Crippen LogP contribution in [0.1, 0.15) is 19.3 Å². The summed E-state index contributed by atoms with van der Waals surface area (Å²) in [5.74, 6) is -0.103. The first-order chi connectivity index (χ1) is 6.66. The molecule has 0 radical (unpaired) electrons. The highest BCUT2D eigenvalue weighted by Gasteiger charge is 2.20. The maximum absolute atomic E-state index is 13.3. The van der Waals surface area contributed by atoms with Crippen molar-refractivity contribution in [3.63, 3.8) is 0 Å². The molecule has 2 rings (SSSR count). The van der Waals surface area contributed by atoms with E-state index in [1.165, 1.54) is 12.5 Å². The van der Waals surface area contributed by atoms with Crippen LogP contribution in [0, 0.1) is 5.82 Å². The number of rotatable bonds is 2. The first kappa shape index (κ1) is 9.77. The van der Waals surface area contributed by atoms with Crippen LogP contribution in [0.25, 0.3) is 0 Å². The molecule has 2 N–H and O–H groups in total. The fourth-order valence-electron chi connectivity index (χ4n) is 1.30. The fourth-order valence-corrected chi connectivity index (χ4v) is 1.62. The number of nitrogens with two attached hydrogens (primary N) is 1. The maximum Gasteiger partial charge on any atom is 0.167 e. The first-order valence-corrected chi connectivity index (χ1v) is 5.37. The van der Waals surface area contributed by atoms with Gasteiger partial charge in [-0.3, -0.25) is 0 Å². The Bertz CT molecular complexity index is 352. The van der Waals surface area contributed by atoms with Crippen LogP contribution in [0.4, 0.5) is 10.1 Å². The first-order valence-electron chi connectivity index (χ1n) is 4.58. The predicted octanol–water partition coefficient (Wildman–Crippen LogP) is 3.10. The molecule has 1 aliphatic carbocycles. The molecule has 1 aromatic rings. The molecule has 2 nitrogen and oxygen atoms in total. The van der Waals surface area contributed by atoms with Gasteiger partial charge in [-0.1, -0.05) is 0 Å². The topological polar surface area (TPSA) is 35.2 Å². The Morgan fingerprint density at radius 2 is 2.14 bits per heavy atom. The minimum atomic E-state index is -0.391. The Labute approximate surface area is 90.4 Å². The number of anilines is 1.